The summed E-state index contributed by atoms with van der Waals surface area (Å²) in [4.78, 5) is 25.8. The van der Waals surface area contributed by atoms with Crippen LogP contribution in [0.25, 0.3) is 0 Å². The highest BCUT2D eigenvalue weighted by atomic mass is 16.7. The van der Waals surface area contributed by atoms with E-state index in [-0.39, 0.29) is 11.8 Å². The number of carbonyl (C=O) groups is 2. The zero-order chi connectivity index (χ0) is 16.3. The fraction of sp³-hybridized carbons (Fsp3) is 0.529. The number of nitrogens with zero attached hydrogens (tertiary/aromatic N) is 1. The Balaban J connectivity index is 1.58. The van der Waals surface area contributed by atoms with Crippen LogP contribution >= 0.6 is 0 Å². The molecule has 6 heteroatoms. The molecule has 2 amide bonds. The van der Waals surface area contributed by atoms with Crippen molar-refractivity contribution in [3.05, 3.63) is 29.8 Å². The molecule has 0 atom stereocenters. The number of ether oxygens (including phenoxy) is 2. The lowest BCUT2D eigenvalue weighted by Gasteiger charge is -2.22. The van der Waals surface area contributed by atoms with Gasteiger partial charge in [-0.3, -0.25) is 9.59 Å². The zero-order valence-corrected chi connectivity index (χ0v) is 13.3. The Morgan fingerprint density at radius 1 is 1.35 bits per heavy atom. The lowest BCUT2D eigenvalue weighted by Crippen LogP contribution is -2.33. The summed E-state index contributed by atoms with van der Waals surface area (Å²) in [6.07, 6.45) is 2.05. The normalized spacial score (nSPS) is 20.0. The first-order chi connectivity index (χ1) is 11.1. The molecule has 1 aromatic rings. The zero-order valence-electron chi connectivity index (χ0n) is 13.3. The van der Waals surface area contributed by atoms with Crippen molar-refractivity contribution in [2.45, 2.75) is 32.0 Å². The fourth-order valence-corrected chi connectivity index (χ4v) is 2.94. The molecule has 2 aliphatic rings. The Morgan fingerprint density at radius 3 is 2.83 bits per heavy atom. The molecule has 0 radical (unpaired) electrons. The predicted octanol–water partition coefficient (Wildman–Crippen LogP) is 1.70. The van der Waals surface area contributed by atoms with Gasteiger partial charge in [-0.05, 0) is 31.5 Å². The van der Waals surface area contributed by atoms with E-state index in [1.165, 1.54) is 0 Å². The maximum atomic E-state index is 12.3. The second-order valence-corrected chi connectivity index (χ2v) is 6.04. The van der Waals surface area contributed by atoms with Crippen molar-refractivity contribution in [3.63, 3.8) is 0 Å². The van der Waals surface area contributed by atoms with Crippen LogP contribution in [0.3, 0.4) is 0 Å². The Labute approximate surface area is 135 Å². The minimum Gasteiger partial charge on any atom is -0.352 e. The van der Waals surface area contributed by atoms with E-state index in [1.807, 2.05) is 13.0 Å². The highest BCUT2D eigenvalue weighted by Crippen LogP contribution is 2.23. The predicted molar refractivity (Wildman–Crippen MR) is 85.3 cm³/mol. The summed E-state index contributed by atoms with van der Waals surface area (Å²) in [5, 5.41) is 2.88. The summed E-state index contributed by atoms with van der Waals surface area (Å²) >= 11 is 0. The number of hydrogen-bond donors (Lipinski definition) is 1. The molecule has 3 rings (SSSR count). The third-order valence-electron chi connectivity index (χ3n) is 4.26. The third-order valence-corrected chi connectivity index (χ3v) is 4.26. The van der Waals surface area contributed by atoms with E-state index in [0.29, 0.717) is 38.2 Å². The highest BCUT2D eigenvalue weighted by molar-refractivity contribution is 5.99. The van der Waals surface area contributed by atoms with Crippen LogP contribution in [-0.2, 0) is 14.3 Å². The number of carbonyl (C=O) groups excluding carboxylic acids is 2. The van der Waals surface area contributed by atoms with E-state index in [4.69, 9.17) is 9.47 Å². The molecule has 6 nitrogen and oxygen atoms in total. The van der Waals surface area contributed by atoms with Crippen LogP contribution in [0.4, 0.5) is 5.69 Å². The summed E-state index contributed by atoms with van der Waals surface area (Å²) < 4.78 is 11.0. The van der Waals surface area contributed by atoms with Crippen LogP contribution in [0.1, 0.15) is 36.5 Å². The Hall–Kier alpha value is -1.92. The quantitative estimate of drug-likeness (QED) is 0.897. The molecule has 2 aliphatic heterocycles. The van der Waals surface area contributed by atoms with Gasteiger partial charge in [0.1, 0.15) is 0 Å². The van der Waals surface area contributed by atoms with Crippen LogP contribution < -0.4 is 10.2 Å². The summed E-state index contributed by atoms with van der Waals surface area (Å²) in [5.41, 5.74) is 1.34. The van der Waals surface area contributed by atoms with E-state index < -0.39 is 5.79 Å². The van der Waals surface area contributed by atoms with Crippen molar-refractivity contribution in [3.8, 4) is 0 Å². The highest BCUT2D eigenvalue weighted by Gasteiger charge is 2.30. The fourth-order valence-electron chi connectivity index (χ4n) is 2.94. The van der Waals surface area contributed by atoms with Crippen LogP contribution in [0.2, 0.25) is 0 Å². The monoisotopic (exact) mass is 318 g/mol. The van der Waals surface area contributed by atoms with Gasteiger partial charge in [0.15, 0.2) is 5.79 Å². The van der Waals surface area contributed by atoms with Gasteiger partial charge in [-0.2, -0.15) is 0 Å². The molecule has 2 saturated heterocycles. The molecule has 1 aromatic carbocycles. The van der Waals surface area contributed by atoms with Crippen molar-refractivity contribution in [1.29, 1.82) is 0 Å². The van der Waals surface area contributed by atoms with Gasteiger partial charge >= 0.3 is 0 Å². The molecule has 0 unspecified atom stereocenters. The summed E-state index contributed by atoms with van der Waals surface area (Å²) in [7, 11) is 0. The van der Waals surface area contributed by atoms with Gasteiger partial charge < -0.3 is 19.7 Å². The summed E-state index contributed by atoms with van der Waals surface area (Å²) in [6, 6.07) is 7.19. The van der Waals surface area contributed by atoms with Crippen LogP contribution in [0.15, 0.2) is 24.3 Å². The summed E-state index contributed by atoms with van der Waals surface area (Å²) in [5.74, 6) is -0.636. The van der Waals surface area contributed by atoms with E-state index in [9.17, 15) is 9.59 Å². The Morgan fingerprint density at radius 2 is 2.13 bits per heavy atom. The second kappa shape index (κ2) is 6.68. The topological polar surface area (TPSA) is 67.9 Å². The number of hydrogen-bond acceptors (Lipinski definition) is 4. The average molecular weight is 318 g/mol. The number of amides is 2. The number of benzene rings is 1. The van der Waals surface area contributed by atoms with Gasteiger partial charge in [0, 0.05) is 37.2 Å². The van der Waals surface area contributed by atoms with Gasteiger partial charge in [-0.1, -0.05) is 6.07 Å². The smallest absolute Gasteiger partial charge is 0.251 e. The largest absolute Gasteiger partial charge is 0.352 e. The maximum absolute atomic E-state index is 12.3. The first-order valence-corrected chi connectivity index (χ1v) is 8.04. The molecule has 2 heterocycles. The first-order valence-electron chi connectivity index (χ1n) is 8.04. The molecule has 1 N–H and O–H groups in total. The van der Waals surface area contributed by atoms with E-state index in [2.05, 4.69) is 5.32 Å². The molecule has 0 spiro atoms. The van der Waals surface area contributed by atoms with Gasteiger partial charge in [-0.25, -0.2) is 0 Å². The molecule has 0 saturated carbocycles. The maximum Gasteiger partial charge on any atom is 0.251 e. The van der Waals surface area contributed by atoms with E-state index in [1.54, 1.807) is 23.1 Å². The molecule has 0 aliphatic carbocycles. The number of anilines is 1. The lowest BCUT2D eigenvalue weighted by atomic mass is 10.1. The summed E-state index contributed by atoms with van der Waals surface area (Å²) in [6.45, 7) is 4.26. The molecule has 2 fully saturated rings. The van der Waals surface area contributed by atoms with E-state index in [0.717, 1.165) is 18.7 Å². The molecule has 0 bridgehead atoms. The third kappa shape index (κ3) is 3.71. The van der Waals surface area contributed by atoms with Crippen molar-refractivity contribution in [2.75, 3.05) is 31.2 Å². The van der Waals surface area contributed by atoms with Crippen molar-refractivity contribution < 1.29 is 19.1 Å². The van der Waals surface area contributed by atoms with Gasteiger partial charge in [0.25, 0.3) is 5.91 Å². The molecule has 23 heavy (non-hydrogen) atoms. The molecular formula is C17H22N2O4. The minimum atomic E-state index is -0.600. The van der Waals surface area contributed by atoms with Crippen molar-refractivity contribution >= 4 is 17.5 Å². The average Bonchev–Trinajstić information content (AvgIpc) is 3.16. The number of nitrogens with one attached hydrogen (secondary N) is 1. The SMILES string of the molecule is CC1(CCNC(=O)c2cccc(N3CCCC3=O)c2)OCCO1. The van der Waals surface area contributed by atoms with Crippen LogP contribution in [0.5, 0.6) is 0 Å². The van der Waals surface area contributed by atoms with Gasteiger partial charge in [-0.15, -0.1) is 0 Å². The molecule has 124 valence electrons. The Bertz CT molecular complexity index is 596. The van der Waals surface area contributed by atoms with Crippen LogP contribution in [-0.4, -0.2) is 43.9 Å². The van der Waals surface area contributed by atoms with Crippen LogP contribution in [0, 0.1) is 0 Å². The lowest BCUT2D eigenvalue weighted by molar-refractivity contribution is -0.145. The molecular weight excluding hydrogens is 296 g/mol. The second-order valence-electron chi connectivity index (χ2n) is 6.04. The van der Waals surface area contributed by atoms with Gasteiger partial charge in [0.2, 0.25) is 5.91 Å². The van der Waals surface area contributed by atoms with Crippen molar-refractivity contribution in [1.82, 2.24) is 5.32 Å². The Kier molecular flexibility index (Phi) is 4.63. The van der Waals surface area contributed by atoms with Crippen molar-refractivity contribution in [2.24, 2.45) is 0 Å². The molecule has 0 aromatic heterocycles. The minimum absolute atomic E-state index is 0.117. The number of rotatable bonds is 5. The first kappa shape index (κ1) is 16.0. The van der Waals surface area contributed by atoms with E-state index >= 15 is 0 Å². The van der Waals surface area contributed by atoms with Gasteiger partial charge in [0.05, 0.1) is 13.2 Å². The standard InChI is InChI=1S/C17H22N2O4/c1-17(22-10-11-23-17)7-8-18-16(21)13-4-2-5-14(12-13)19-9-3-6-15(19)20/h2,4-5,12H,3,6-11H2,1H3,(H,18,21).